The zero-order chi connectivity index (χ0) is 17.9. The van der Waals surface area contributed by atoms with Gasteiger partial charge in [0.2, 0.25) is 0 Å². The predicted octanol–water partition coefficient (Wildman–Crippen LogP) is 3.84. The van der Waals surface area contributed by atoms with Crippen molar-refractivity contribution < 1.29 is 19.1 Å². The van der Waals surface area contributed by atoms with Crippen molar-refractivity contribution in [1.29, 1.82) is 0 Å². The molecule has 0 bridgehead atoms. The molecule has 2 rings (SSSR count). The van der Waals surface area contributed by atoms with E-state index in [0.717, 1.165) is 31.6 Å². The van der Waals surface area contributed by atoms with Crippen molar-refractivity contribution in [3.63, 3.8) is 0 Å². The van der Waals surface area contributed by atoms with Gasteiger partial charge < -0.3 is 20.1 Å². The minimum atomic E-state index is -0.297. The Morgan fingerprint density at radius 1 is 0.750 bits per heavy atom. The number of nitrogens with one attached hydrogen (secondary N) is 2. The number of hydrogen-bond donors (Lipinski definition) is 2. The molecule has 2 atom stereocenters. The van der Waals surface area contributed by atoms with Gasteiger partial charge in [-0.1, -0.05) is 20.3 Å². The van der Waals surface area contributed by atoms with Crippen molar-refractivity contribution in [1.82, 2.24) is 10.6 Å². The van der Waals surface area contributed by atoms with Crippen LogP contribution in [0, 0.1) is 11.8 Å². The zero-order valence-electron chi connectivity index (χ0n) is 15.6. The fourth-order valence-electron chi connectivity index (χ4n) is 3.25. The summed E-state index contributed by atoms with van der Waals surface area (Å²) >= 11 is 0. The summed E-state index contributed by atoms with van der Waals surface area (Å²) in [6.07, 6.45) is 8.62. The summed E-state index contributed by atoms with van der Waals surface area (Å²) in [5.74, 6) is 1.50. The highest BCUT2D eigenvalue weighted by atomic mass is 16.6. The van der Waals surface area contributed by atoms with Gasteiger partial charge in [0.25, 0.3) is 0 Å². The molecule has 2 aliphatic rings. The molecule has 0 radical (unpaired) electrons. The van der Waals surface area contributed by atoms with Crippen LogP contribution in [0.2, 0.25) is 0 Å². The van der Waals surface area contributed by atoms with Crippen LogP contribution in [-0.2, 0) is 9.47 Å². The van der Waals surface area contributed by atoms with E-state index < -0.39 is 0 Å². The number of carbonyl (C=O) groups excluding carboxylic acids is 2. The fourth-order valence-corrected chi connectivity index (χ4v) is 3.25. The van der Waals surface area contributed by atoms with E-state index in [4.69, 9.17) is 9.47 Å². The third kappa shape index (κ3) is 8.41. The van der Waals surface area contributed by atoms with E-state index in [9.17, 15) is 9.59 Å². The monoisotopic (exact) mass is 342 g/mol. The van der Waals surface area contributed by atoms with E-state index in [1.165, 1.54) is 25.7 Å². The molecular formula is C18H34N2O4. The van der Waals surface area contributed by atoms with Crippen molar-refractivity contribution in [2.75, 3.05) is 14.1 Å². The first-order valence-electron chi connectivity index (χ1n) is 9.21. The van der Waals surface area contributed by atoms with Crippen LogP contribution in [0.5, 0.6) is 0 Å². The molecule has 2 saturated carbocycles. The normalized spacial score (nSPS) is 29.5. The van der Waals surface area contributed by atoms with Gasteiger partial charge in [-0.2, -0.15) is 0 Å². The Morgan fingerprint density at radius 2 is 1.29 bits per heavy atom. The lowest BCUT2D eigenvalue weighted by molar-refractivity contribution is 0.0637. The molecule has 0 aromatic rings. The van der Waals surface area contributed by atoms with E-state index >= 15 is 0 Å². The minimum absolute atomic E-state index is 0.147. The maximum atomic E-state index is 10.9. The first kappa shape index (κ1) is 20.6. The van der Waals surface area contributed by atoms with Crippen LogP contribution in [0.15, 0.2) is 0 Å². The highest BCUT2D eigenvalue weighted by Crippen LogP contribution is 2.26. The van der Waals surface area contributed by atoms with E-state index in [-0.39, 0.29) is 24.4 Å². The SMILES string of the molecule is CNC(=O)OC1CCC(C)CC1.CNC(=O)OC1CCCC(C)C1. The van der Waals surface area contributed by atoms with E-state index in [2.05, 4.69) is 24.5 Å². The number of hydrogen-bond acceptors (Lipinski definition) is 4. The van der Waals surface area contributed by atoms with Gasteiger partial charge in [-0.05, 0) is 56.8 Å². The highest BCUT2D eigenvalue weighted by molar-refractivity contribution is 5.67. The molecule has 0 aromatic carbocycles. The Hall–Kier alpha value is -1.46. The van der Waals surface area contributed by atoms with Crippen LogP contribution in [0.4, 0.5) is 9.59 Å². The van der Waals surface area contributed by atoms with Crippen molar-refractivity contribution >= 4 is 12.2 Å². The molecule has 0 spiro atoms. The molecule has 24 heavy (non-hydrogen) atoms. The van der Waals surface area contributed by atoms with Crippen LogP contribution in [0.3, 0.4) is 0 Å². The summed E-state index contributed by atoms with van der Waals surface area (Å²) in [5.41, 5.74) is 0. The number of ether oxygens (including phenoxy) is 2. The van der Waals surface area contributed by atoms with Gasteiger partial charge in [0.1, 0.15) is 12.2 Å². The van der Waals surface area contributed by atoms with Crippen molar-refractivity contribution in [3.05, 3.63) is 0 Å². The van der Waals surface area contributed by atoms with E-state index in [1.807, 2.05) is 0 Å². The van der Waals surface area contributed by atoms with Gasteiger partial charge in [0.15, 0.2) is 0 Å². The van der Waals surface area contributed by atoms with Crippen LogP contribution >= 0.6 is 0 Å². The molecule has 140 valence electrons. The van der Waals surface area contributed by atoms with Crippen molar-refractivity contribution in [2.24, 2.45) is 11.8 Å². The molecular weight excluding hydrogens is 308 g/mol. The minimum Gasteiger partial charge on any atom is -0.446 e. The lowest BCUT2D eigenvalue weighted by Gasteiger charge is -2.26. The average molecular weight is 342 g/mol. The number of alkyl carbamates (subject to hydrolysis) is 2. The standard InChI is InChI=1S/2C9H17NO2/c1-7-3-5-8(6-4-7)12-9(11)10-2;1-7-4-3-5-8(6-7)12-9(11)10-2/h2*7-8H,3-6H2,1-2H3,(H,10,11). The van der Waals surface area contributed by atoms with E-state index in [0.29, 0.717) is 5.92 Å². The lowest BCUT2D eigenvalue weighted by Crippen LogP contribution is -2.29. The first-order valence-corrected chi connectivity index (χ1v) is 9.21. The smallest absolute Gasteiger partial charge is 0.407 e. The van der Waals surface area contributed by atoms with Gasteiger partial charge in [-0.3, -0.25) is 0 Å². The molecule has 2 aliphatic carbocycles. The second-order valence-corrected chi connectivity index (χ2v) is 7.09. The lowest BCUT2D eigenvalue weighted by atomic mass is 9.89. The van der Waals surface area contributed by atoms with Gasteiger partial charge in [-0.15, -0.1) is 0 Å². The van der Waals surface area contributed by atoms with Gasteiger partial charge >= 0.3 is 12.2 Å². The van der Waals surface area contributed by atoms with Gasteiger partial charge in [0.05, 0.1) is 0 Å². The van der Waals surface area contributed by atoms with Gasteiger partial charge in [-0.25, -0.2) is 9.59 Å². The molecule has 0 aromatic heterocycles. The maximum absolute atomic E-state index is 10.9. The van der Waals surface area contributed by atoms with Crippen LogP contribution in [0.1, 0.15) is 65.2 Å². The quantitative estimate of drug-likeness (QED) is 0.799. The summed E-state index contributed by atoms with van der Waals surface area (Å²) in [6.45, 7) is 4.45. The second-order valence-electron chi connectivity index (χ2n) is 7.09. The van der Waals surface area contributed by atoms with Crippen molar-refractivity contribution in [3.8, 4) is 0 Å². The summed E-state index contributed by atoms with van der Waals surface area (Å²) in [7, 11) is 3.18. The Balaban J connectivity index is 0.000000240. The molecule has 0 heterocycles. The Bertz CT molecular complexity index is 381. The molecule has 2 N–H and O–H groups in total. The molecule has 0 saturated heterocycles. The topological polar surface area (TPSA) is 76.7 Å². The number of rotatable bonds is 2. The molecule has 2 unspecified atom stereocenters. The van der Waals surface area contributed by atoms with Gasteiger partial charge in [0, 0.05) is 14.1 Å². The van der Waals surface area contributed by atoms with Crippen LogP contribution in [0.25, 0.3) is 0 Å². The summed E-state index contributed by atoms with van der Waals surface area (Å²) in [6, 6.07) is 0. The number of carbonyl (C=O) groups is 2. The predicted molar refractivity (Wildman–Crippen MR) is 93.9 cm³/mol. The Morgan fingerprint density at radius 3 is 1.79 bits per heavy atom. The van der Waals surface area contributed by atoms with Crippen LogP contribution in [-0.4, -0.2) is 38.5 Å². The molecule has 6 nitrogen and oxygen atoms in total. The summed E-state index contributed by atoms with van der Waals surface area (Å²) < 4.78 is 10.3. The van der Waals surface area contributed by atoms with Crippen molar-refractivity contribution in [2.45, 2.75) is 77.4 Å². The molecule has 0 aliphatic heterocycles. The average Bonchev–Trinajstić information content (AvgIpc) is 2.57. The Kier molecular flexibility index (Phi) is 9.57. The highest BCUT2D eigenvalue weighted by Gasteiger charge is 2.22. The molecule has 2 fully saturated rings. The third-order valence-corrected chi connectivity index (χ3v) is 4.81. The number of amides is 2. The Labute approximate surface area is 146 Å². The maximum Gasteiger partial charge on any atom is 0.407 e. The molecule has 2 amide bonds. The van der Waals surface area contributed by atoms with Crippen LogP contribution < -0.4 is 10.6 Å². The summed E-state index contributed by atoms with van der Waals surface area (Å²) in [4.78, 5) is 21.7. The first-order chi connectivity index (χ1) is 11.4. The second kappa shape index (κ2) is 11.2. The zero-order valence-corrected chi connectivity index (χ0v) is 15.6. The molecule has 6 heteroatoms. The largest absolute Gasteiger partial charge is 0.446 e. The van der Waals surface area contributed by atoms with E-state index in [1.54, 1.807) is 14.1 Å². The third-order valence-electron chi connectivity index (χ3n) is 4.81. The fraction of sp³-hybridized carbons (Fsp3) is 0.889. The summed E-state index contributed by atoms with van der Waals surface area (Å²) in [5, 5.41) is 4.93.